The lowest BCUT2D eigenvalue weighted by Crippen LogP contribution is -2.65. The Morgan fingerprint density at radius 3 is 2.19 bits per heavy atom. The summed E-state index contributed by atoms with van der Waals surface area (Å²) in [4.78, 5) is 20.2. The number of carbonyl (C=O) groups is 2. The van der Waals surface area contributed by atoms with Gasteiger partial charge in [-0.15, -0.1) is 6.58 Å². The number of hydrogen-bond acceptors (Lipinski definition) is 4. The van der Waals surface area contributed by atoms with E-state index in [4.69, 9.17) is 14.6 Å². The molecule has 0 heterocycles. The number of halogens is 3. The first-order chi connectivity index (χ1) is 9.68. The number of para-hydroxylation sites is 1. The van der Waals surface area contributed by atoms with Crippen LogP contribution in [0.4, 0.5) is 13.2 Å². The van der Waals surface area contributed by atoms with Crippen LogP contribution in [0.3, 0.4) is 0 Å². The number of carboxylic acid groups (broad SMARTS) is 1. The average Bonchev–Trinajstić information content (AvgIpc) is 2.39. The molecule has 0 fully saturated rings. The van der Waals surface area contributed by atoms with Crippen LogP contribution in [0, 0.1) is 0 Å². The summed E-state index contributed by atoms with van der Waals surface area (Å²) in [7, 11) is 0. The number of benzene rings is 1. The lowest BCUT2D eigenvalue weighted by molar-refractivity contribution is -0.405. The molecule has 0 aliphatic carbocycles. The van der Waals surface area contributed by atoms with E-state index in [9.17, 15) is 18.0 Å². The SMILES string of the molecule is C=CC[C@H]([NH3+])C(=O)Oc1ccccc1.O=C([O-])C(F)(F)F. The molecule has 0 saturated carbocycles. The zero-order valence-electron chi connectivity index (χ0n) is 10.9. The molecule has 1 atom stereocenters. The van der Waals surface area contributed by atoms with Gasteiger partial charge in [-0.25, -0.2) is 4.79 Å². The largest absolute Gasteiger partial charge is 0.542 e. The summed E-state index contributed by atoms with van der Waals surface area (Å²) in [6.07, 6.45) is -3.00. The summed E-state index contributed by atoms with van der Waals surface area (Å²) >= 11 is 0. The highest BCUT2D eigenvalue weighted by atomic mass is 19.4. The fourth-order valence-electron chi connectivity index (χ4n) is 0.985. The van der Waals surface area contributed by atoms with Crippen LogP contribution < -0.4 is 15.6 Å². The van der Waals surface area contributed by atoms with Crippen LogP contribution in [0.5, 0.6) is 5.75 Å². The summed E-state index contributed by atoms with van der Waals surface area (Å²) < 4.78 is 36.6. The third kappa shape index (κ3) is 8.43. The third-order valence-electron chi connectivity index (χ3n) is 1.98. The summed E-state index contributed by atoms with van der Waals surface area (Å²) in [5, 5.41) is 8.78. The highest BCUT2D eigenvalue weighted by Crippen LogP contribution is 2.11. The summed E-state index contributed by atoms with van der Waals surface area (Å²) in [6.45, 7) is 3.54. The van der Waals surface area contributed by atoms with Crippen molar-refractivity contribution in [1.82, 2.24) is 0 Å². The van der Waals surface area contributed by atoms with Crippen LogP contribution in [0.15, 0.2) is 43.0 Å². The van der Waals surface area contributed by atoms with Crippen molar-refractivity contribution in [3.8, 4) is 5.75 Å². The van der Waals surface area contributed by atoms with Gasteiger partial charge in [0.2, 0.25) is 0 Å². The minimum absolute atomic E-state index is 0.323. The number of carboxylic acids is 1. The molecule has 1 aromatic rings. The standard InChI is InChI=1S/C11H13NO2.C2HF3O2/c1-2-6-10(12)11(13)14-9-7-4-3-5-8-9;3-2(4,5)1(6)7/h2-5,7-8,10H,1,6,12H2;(H,6,7)/t10-;/m0./s1. The van der Waals surface area contributed by atoms with Crippen LogP contribution in [0.2, 0.25) is 0 Å². The lowest BCUT2D eigenvalue weighted by atomic mass is 10.2. The number of hydrogen-bond donors (Lipinski definition) is 1. The molecule has 0 aromatic heterocycles. The zero-order valence-corrected chi connectivity index (χ0v) is 10.9. The van der Waals surface area contributed by atoms with Gasteiger partial charge in [-0.3, -0.25) is 0 Å². The van der Waals surface area contributed by atoms with Crippen molar-refractivity contribution in [2.45, 2.75) is 18.6 Å². The first kappa shape index (κ1) is 18.7. The molecule has 5 nitrogen and oxygen atoms in total. The van der Waals surface area contributed by atoms with E-state index in [1.54, 1.807) is 18.2 Å². The predicted molar refractivity (Wildman–Crippen MR) is 64.6 cm³/mol. The monoisotopic (exact) mass is 305 g/mol. The van der Waals surface area contributed by atoms with Gasteiger partial charge in [-0.2, -0.15) is 13.2 Å². The number of esters is 1. The Morgan fingerprint density at radius 1 is 1.33 bits per heavy atom. The van der Waals surface area contributed by atoms with Crippen molar-refractivity contribution < 1.29 is 38.3 Å². The van der Waals surface area contributed by atoms with Gasteiger partial charge < -0.3 is 20.4 Å². The average molecular weight is 305 g/mol. The maximum atomic E-state index is 11.4. The molecule has 0 bridgehead atoms. The van der Waals surface area contributed by atoms with Crippen molar-refractivity contribution in [2.24, 2.45) is 0 Å². The fraction of sp³-hybridized carbons (Fsp3) is 0.231. The van der Waals surface area contributed by atoms with E-state index in [0.717, 1.165) is 0 Å². The smallest absolute Gasteiger partial charge is 0.430 e. The molecule has 0 aliphatic heterocycles. The molecular formula is C13H14F3NO4. The quantitative estimate of drug-likeness (QED) is 0.484. The second kappa shape index (κ2) is 8.75. The Balaban J connectivity index is 0.000000486. The number of ether oxygens (including phenoxy) is 1. The van der Waals surface area contributed by atoms with E-state index >= 15 is 0 Å². The minimum Gasteiger partial charge on any atom is -0.542 e. The van der Waals surface area contributed by atoms with E-state index in [2.05, 4.69) is 12.3 Å². The Kier molecular flexibility index (Phi) is 7.77. The molecule has 1 rings (SSSR count). The topological polar surface area (TPSA) is 94.1 Å². The van der Waals surface area contributed by atoms with Gasteiger partial charge in [0.25, 0.3) is 0 Å². The first-order valence-corrected chi connectivity index (χ1v) is 5.67. The van der Waals surface area contributed by atoms with Gasteiger partial charge in [0, 0.05) is 6.42 Å². The number of rotatable bonds is 4. The molecule has 1 aromatic carbocycles. The van der Waals surface area contributed by atoms with Crippen molar-refractivity contribution in [1.29, 1.82) is 0 Å². The summed E-state index contributed by atoms with van der Waals surface area (Å²) in [5.41, 5.74) is 3.68. The van der Waals surface area contributed by atoms with E-state index in [-0.39, 0.29) is 12.0 Å². The Hall–Kier alpha value is -2.35. The van der Waals surface area contributed by atoms with Crippen molar-refractivity contribution in [3.05, 3.63) is 43.0 Å². The van der Waals surface area contributed by atoms with E-state index in [0.29, 0.717) is 12.2 Å². The van der Waals surface area contributed by atoms with Crippen LogP contribution in [-0.4, -0.2) is 24.2 Å². The molecule has 0 saturated heterocycles. The summed E-state index contributed by atoms with van der Waals surface area (Å²) in [5.74, 6) is -2.78. The molecule has 116 valence electrons. The van der Waals surface area contributed by atoms with E-state index < -0.39 is 12.1 Å². The minimum atomic E-state index is -5.19. The van der Waals surface area contributed by atoms with Crippen LogP contribution in [-0.2, 0) is 9.59 Å². The first-order valence-electron chi connectivity index (χ1n) is 5.67. The maximum absolute atomic E-state index is 11.4. The second-order valence-electron chi connectivity index (χ2n) is 3.74. The number of carbonyl (C=O) groups excluding carboxylic acids is 2. The Bertz CT molecular complexity index is 474. The van der Waals surface area contributed by atoms with E-state index in [1.807, 2.05) is 18.2 Å². The molecule has 0 radical (unpaired) electrons. The number of alkyl halides is 3. The number of aliphatic carboxylic acids is 1. The lowest BCUT2D eigenvalue weighted by Gasteiger charge is -2.06. The van der Waals surface area contributed by atoms with Crippen molar-refractivity contribution in [2.75, 3.05) is 0 Å². The molecule has 0 unspecified atom stereocenters. The summed E-state index contributed by atoms with van der Waals surface area (Å²) in [6, 6.07) is 8.58. The molecular weight excluding hydrogens is 291 g/mol. The van der Waals surface area contributed by atoms with E-state index in [1.165, 1.54) is 0 Å². The molecule has 0 aliphatic rings. The predicted octanol–water partition coefficient (Wildman–Crippen LogP) is 0.0772. The van der Waals surface area contributed by atoms with Crippen molar-refractivity contribution in [3.63, 3.8) is 0 Å². The van der Waals surface area contributed by atoms with Crippen LogP contribution in [0.1, 0.15) is 6.42 Å². The van der Waals surface area contributed by atoms with Gasteiger partial charge >= 0.3 is 12.1 Å². The normalized spacial score (nSPS) is 11.6. The van der Waals surface area contributed by atoms with Gasteiger partial charge in [0.15, 0.2) is 6.04 Å². The fourth-order valence-corrected chi connectivity index (χ4v) is 0.985. The van der Waals surface area contributed by atoms with Crippen molar-refractivity contribution >= 4 is 11.9 Å². The molecule has 21 heavy (non-hydrogen) atoms. The Morgan fingerprint density at radius 2 is 1.81 bits per heavy atom. The molecule has 3 N–H and O–H groups in total. The second-order valence-corrected chi connectivity index (χ2v) is 3.74. The molecule has 0 amide bonds. The van der Waals surface area contributed by atoms with Gasteiger partial charge in [0.1, 0.15) is 11.7 Å². The van der Waals surface area contributed by atoms with Gasteiger partial charge in [0.05, 0.1) is 0 Å². The highest BCUT2D eigenvalue weighted by molar-refractivity contribution is 5.76. The zero-order chi connectivity index (χ0) is 16.5. The van der Waals surface area contributed by atoms with Crippen LogP contribution in [0.25, 0.3) is 0 Å². The Labute approximate surface area is 118 Å². The number of quaternary nitrogens is 1. The van der Waals surface area contributed by atoms with Gasteiger partial charge in [-0.05, 0) is 12.1 Å². The van der Waals surface area contributed by atoms with Crippen LogP contribution >= 0.6 is 0 Å². The van der Waals surface area contributed by atoms with Gasteiger partial charge in [-0.1, -0.05) is 24.3 Å². The maximum Gasteiger partial charge on any atom is 0.430 e. The third-order valence-corrected chi connectivity index (χ3v) is 1.98. The highest BCUT2D eigenvalue weighted by Gasteiger charge is 2.28. The molecule has 8 heteroatoms. The molecule has 0 spiro atoms.